The molecule has 4 nitrogen and oxygen atoms in total. The van der Waals surface area contributed by atoms with Gasteiger partial charge in [0.15, 0.2) is 0 Å². The van der Waals surface area contributed by atoms with E-state index < -0.39 is 8.56 Å². The van der Waals surface area contributed by atoms with Crippen LogP contribution in [-0.2, 0) is 18.3 Å². The Balaban J connectivity index is 2.63. The van der Waals surface area contributed by atoms with Crippen molar-refractivity contribution in [1.29, 1.82) is 0 Å². The van der Waals surface area contributed by atoms with Crippen molar-refractivity contribution >= 4 is 8.56 Å². The molecule has 0 spiro atoms. The maximum atomic E-state index is 6.37. The molecular weight excluding hydrogens is 332 g/mol. The Bertz CT molecular complexity index is 362. The van der Waals surface area contributed by atoms with Crippen LogP contribution >= 0.6 is 0 Å². The first kappa shape index (κ1) is 23.1. The van der Waals surface area contributed by atoms with Crippen LogP contribution in [0.4, 0.5) is 0 Å². The molecule has 2 atom stereocenters. The van der Waals surface area contributed by atoms with Gasteiger partial charge in [0.2, 0.25) is 0 Å². The van der Waals surface area contributed by atoms with Gasteiger partial charge in [-0.05, 0) is 45.1 Å². The van der Waals surface area contributed by atoms with E-state index in [2.05, 4.69) is 20.8 Å². The van der Waals surface area contributed by atoms with Crippen LogP contribution in [0.15, 0.2) is 0 Å². The Hall–Kier alpha value is 0.0569. The van der Waals surface area contributed by atoms with Crippen molar-refractivity contribution in [2.45, 2.75) is 102 Å². The molecule has 0 aromatic rings. The fourth-order valence-electron chi connectivity index (χ4n) is 4.55. The minimum absolute atomic E-state index is 0.0224. The first-order chi connectivity index (χ1) is 12.0. The normalized spacial score (nSPS) is 25.7. The molecular formula is C20H42O4Si. The third-order valence-electron chi connectivity index (χ3n) is 6.09. The molecule has 1 fully saturated rings. The molecule has 0 N–H and O–H groups in total. The molecule has 1 aliphatic heterocycles. The molecule has 0 aromatic heterocycles. The van der Waals surface area contributed by atoms with Crippen LogP contribution < -0.4 is 0 Å². The van der Waals surface area contributed by atoms with Gasteiger partial charge in [0.1, 0.15) is 5.22 Å². The van der Waals surface area contributed by atoms with Gasteiger partial charge in [-0.2, -0.15) is 0 Å². The van der Waals surface area contributed by atoms with Crippen molar-refractivity contribution in [1.82, 2.24) is 0 Å². The van der Waals surface area contributed by atoms with Gasteiger partial charge in [-0.15, -0.1) is 0 Å². The zero-order valence-electron chi connectivity index (χ0n) is 17.6. The van der Waals surface area contributed by atoms with Crippen LogP contribution in [0.2, 0.25) is 6.04 Å². The third-order valence-corrected chi connectivity index (χ3v) is 10.5. The monoisotopic (exact) mass is 374 g/mol. The lowest BCUT2D eigenvalue weighted by atomic mass is 9.93. The zero-order valence-corrected chi connectivity index (χ0v) is 18.6. The van der Waals surface area contributed by atoms with E-state index in [1.807, 2.05) is 7.11 Å². The summed E-state index contributed by atoms with van der Waals surface area (Å²) < 4.78 is 24.4. The number of ether oxygens (including phenoxy) is 2. The molecule has 0 amide bonds. The highest BCUT2D eigenvalue weighted by Crippen LogP contribution is 2.42. The quantitative estimate of drug-likeness (QED) is 0.320. The largest absolute Gasteiger partial charge is 0.396 e. The molecule has 2 unspecified atom stereocenters. The van der Waals surface area contributed by atoms with Gasteiger partial charge in [-0.1, -0.05) is 46.0 Å². The second kappa shape index (κ2) is 11.0. The molecule has 1 heterocycles. The van der Waals surface area contributed by atoms with Crippen LogP contribution in [0, 0.1) is 0 Å². The third kappa shape index (κ3) is 5.77. The summed E-state index contributed by atoms with van der Waals surface area (Å²) in [5.41, 5.74) is 0.0224. The van der Waals surface area contributed by atoms with Gasteiger partial charge < -0.3 is 18.3 Å². The summed E-state index contributed by atoms with van der Waals surface area (Å²) in [7, 11) is 3.11. The Morgan fingerprint density at radius 3 is 2.24 bits per heavy atom. The van der Waals surface area contributed by atoms with Crippen molar-refractivity contribution in [3.8, 4) is 0 Å². The van der Waals surface area contributed by atoms with Crippen molar-refractivity contribution in [2.75, 3.05) is 27.9 Å². The topological polar surface area (TPSA) is 36.9 Å². The summed E-state index contributed by atoms with van der Waals surface area (Å²) in [5, 5.41) is -0.233. The van der Waals surface area contributed by atoms with Crippen molar-refractivity contribution in [3.05, 3.63) is 0 Å². The Morgan fingerprint density at radius 1 is 0.960 bits per heavy atom. The van der Waals surface area contributed by atoms with Gasteiger partial charge in [0.25, 0.3) is 0 Å². The number of methoxy groups -OCH3 is 1. The summed E-state index contributed by atoms with van der Waals surface area (Å²) in [6.45, 7) is 7.57. The summed E-state index contributed by atoms with van der Waals surface area (Å²) in [5.74, 6) is 0. The summed E-state index contributed by atoms with van der Waals surface area (Å²) in [6, 6.07) is 1.03. The number of hydrogen-bond acceptors (Lipinski definition) is 4. The maximum absolute atomic E-state index is 6.37. The van der Waals surface area contributed by atoms with E-state index in [0.717, 1.165) is 44.8 Å². The van der Waals surface area contributed by atoms with Gasteiger partial charge in [-0.3, -0.25) is 0 Å². The van der Waals surface area contributed by atoms with Crippen LogP contribution in [0.25, 0.3) is 0 Å². The number of unbranched alkanes of at least 4 members (excludes halogenated alkanes) is 1. The van der Waals surface area contributed by atoms with Crippen LogP contribution in [0.1, 0.15) is 85.0 Å². The van der Waals surface area contributed by atoms with Crippen LogP contribution in [0.5, 0.6) is 0 Å². The number of rotatable bonds is 13. The average molecular weight is 375 g/mol. The molecule has 0 bridgehead atoms. The lowest BCUT2D eigenvalue weighted by molar-refractivity contribution is -0.0595. The Kier molecular flexibility index (Phi) is 10.2. The standard InChI is InChI=1S/C20H42O4Si/c1-7-9-14-19(3,13-8-2)24-17-12-16-20(21-4)15-10-11-18-25(20,22-5)23-6/h7-18H2,1-6H3. The molecule has 0 aromatic carbocycles. The highest BCUT2D eigenvalue weighted by molar-refractivity contribution is 6.70. The predicted octanol–water partition coefficient (Wildman–Crippen LogP) is 5.38. The highest BCUT2D eigenvalue weighted by Gasteiger charge is 2.58. The minimum Gasteiger partial charge on any atom is -0.396 e. The van der Waals surface area contributed by atoms with Gasteiger partial charge in [-0.25, -0.2) is 0 Å². The molecule has 1 saturated heterocycles. The molecule has 1 aliphatic rings. The van der Waals surface area contributed by atoms with E-state index >= 15 is 0 Å². The Labute approximate surface area is 157 Å². The van der Waals surface area contributed by atoms with Crippen molar-refractivity contribution in [3.63, 3.8) is 0 Å². The highest BCUT2D eigenvalue weighted by atomic mass is 28.4. The molecule has 1 rings (SSSR count). The van der Waals surface area contributed by atoms with Crippen LogP contribution in [-0.4, -0.2) is 47.3 Å². The number of hydrogen-bond donors (Lipinski definition) is 0. The van der Waals surface area contributed by atoms with Gasteiger partial charge >= 0.3 is 8.56 Å². The first-order valence-electron chi connectivity index (χ1n) is 10.3. The fraction of sp³-hybridized carbons (Fsp3) is 1.00. The van der Waals surface area contributed by atoms with Crippen LogP contribution in [0.3, 0.4) is 0 Å². The molecule has 0 aliphatic carbocycles. The lowest BCUT2D eigenvalue weighted by Gasteiger charge is -2.48. The van der Waals surface area contributed by atoms with E-state index in [-0.39, 0.29) is 10.8 Å². The second-order valence-electron chi connectivity index (χ2n) is 7.82. The van der Waals surface area contributed by atoms with E-state index in [0.29, 0.717) is 0 Å². The van der Waals surface area contributed by atoms with Gasteiger partial charge in [0, 0.05) is 27.9 Å². The maximum Gasteiger partial charge on any atom is 0.370 e. The first-order valence-corrected chi connectivity index (χ1v) is 12.3. The second-order valence-corrected chi connectivity index (χ2v) is 11.6. The van der Waals surface area contributed by atoms with Crippen molar-refractivity contribution in [2.24, 2.45) is 0 Å². The zero-order chi connectivity index (χ0) is 18.8. The summed E-state index contributed by atoms with van der Waals surface area (Å²) in [6.07, 6.45) is 11.3. The van der Waals surface area contributed by atoms with E-state index in [4.69, 9.17) is 18.3 Å². The summed E-state index contributed by atoms with van der Waals surface area (Å²) >= 11 is 0. The Morgan fingerprint density at radius 2 is 1.68 bits per heavy atom. The lowest BCUT2D eigenvalue weighted by Crippen LogP contribution is -2.64. The molecule has 0 radical (unpaired) electrons. The average Bonchev–Trinajstić information content (AvgIpc) is 2.64. The minimum atomic E-state index is -2.32. The summed E-state index contributed by atoms with van der Waals surface area (Å²) in [4.78, 5) is 0. The molecule has 0 saturated carbocycles. The molecule has 25 heavy (non-hydrogen) atoms. The van der Waals surface area contributed by atoms with Gasteiger partial charge in [0.05, 0.1) is 5.60 Å². The predicted molar refractivity (Wildman–Crippen MR) is 106 cm³/mol. The van der Waals surface area contributed by atoms with E-state index in [9.17, 15) is 0 Å². The molecule has 150 valence electrons. The van der Waals surface area contributed by atoms with Crippen molar-refractivity contribution < 1.29 is 18.3 Å². The fourth-order valence-corrected chi connectivity index (χ4v) is 8.46. The SMILES string of the molecule is CCCCC(C)(CCC)OCCCC1(OC)CCCC[Si]1(OC)OC. The van der Waals surface area contributed by atoms with E-state index in [1.165, 1.54) is 32.1 Å². The smallest absolute Gasteiger partial charge is 0.370 e. The van der Waals surface area contributed by atoms with E-state index in [1.54, 1.807) is 14.2 Å². The molecule has 5 heteroatoms.